The second-order valence-electron chi connectivity index (χ2n) is 3.68. The molecule has 3 heteroatoms. The van der Waals surface area contributed by atoms with Gasteiger partial charge in [0.15, 0.2) is 0 Å². The van der Waals surface area contributed by atoms with E-state index in [2.05, 4.69) is 5.16 Å². The maximum Gasteiger partial charge on any atom is 0.130 e. The van der Waals surface area contributed by atoms with Crippen molar-refractivity contribution < 1.29 is 9.94 Å². The minimum atomic E-state index is 0.797. The zero-order valence-electron chi connectivity index (χ0n) is 9.50. The number of oxime groups is 1. The van der Waals surface area contributed by atoms with E-state index in [4.69, 9.17) is 9.94 Å². The van der Waals surface area contributed by atoms with E-state index in [1.165, 1.54) is 6.21 Å². The SMILES string of the molecule is Cc1cc(/C=N\O)ccc1Oc1ccccc1. The maximum atomic E-state index is 8.45. The molecule has 0 saturated heterocycles. The highest BCUT2D eigenvalue weighted by Crippen LogP contribution is 2.25. The summed E-state index contributed by atoms with van der Waals surface area (Å²) in [7, 11) is 0. The first kappa shape index (κ1) is 11.2. The van der Waals surface area contributed by atoms with Gasteiger partial charge in [0.25, 0.3) is 0 Å². The number of ether oxygens (including phenoxy) is 1. The molecule has 0 bridgehead atoms. The van der Waals surface area contributed by atoms with Crippen LogP contribution in [0, 0.1) is 6.92 Å². The predicted molar refractivity (Wildman–Crippen MR) is 67.1 cm³/mol. The van der Waals surface area contributed by atoms with Crippen molar-refractivity contribution in [3.8, 4) is 11.5 Å². The molecule has 0 amide bonds. The van der Waals surface area contributed by atoms with E-state index < -0.39 is 0 Å². The molecule has 0 radical (unpaired) electrons. The highest BCUT2D eigenvalue weighted by Gasteiger charge is 2.01. The van der Waals surface area contributed by atoms with E-state index in [9.17, 15) is 0 Å². The van der Waals surface area contributed by atoms with Crippen LogP contribution in [-0.2, 0) is 0 Å². The molecule has 0 atom stereocenters. The molecule has 86 valence electrons. The van der Waals surface area contributed by atoms with Crippen molar-refractivity contribution in [1.82, 2.24) is 0 Å². The summed E-state index contributed by atoms with van der Waals surface area (Å²) in [5.41, 5.74) is 1.83. The Kier molecular flexibility index (Phi) is 3.40. The van der Waals surface area contributed by atoms with E-state index >= 15 is 0 Å². The van der Waals surface area contributed by atoms with E-state index in [1.54, 1.807) is 0 Å². The van der Waals surface area contributed by atoms with Crippen LogP contribution in [0.15, 0.2) is 53.7 Å². The number of hydrogen-bond acceptors (Lipinski definition) is 3. The van der Waals surface area contributed by atoms with Crippen molar-refractivity contribution in [2.24, 2.45) is 5.16 Å². The van der Waals surface area contributed by atoms with Gasteiger partial charge in [-0.25, -0.2) is 0 Å². The summed E-state index contributed by atoms with van der Waals surface area (Å²) in [5, 5.41) is 11.4. The predicted octanol–water partition coefficient (Wildman–Crippen LogP) is 3.60. The zero-order chi connectivity index (χ0) is 12.1. The van der Waals surface area contributed by atoms with Gasteiger partial charge < -0.3 is 9.94 Å². The van der Waals surface area contributed by atoms with Gasteiger partial charge in [0, 0.05) is 0 Å². The van der Waals surface area contributed by atoms with Gasteiger partial charge in [-0.3, -0.25) is 0 Å². The lowest BCUT2D eigenvalue weighted by Crippen LogP contribution is -1.89. The third-order valence-electron chi connectivity index (χ3n) is 2.38. The van der Waals surface area contributed by atoms with Crippen molar-refractivity contribution in [1.29, 1.82) is 0 Å². The first-order valence-electron chi connectivity index (χ1n) is 5.30. The normalized spacial score (nSPS) is 10.6. The van der Waals surface area contributed by atoms with Gasteiger partial charge in [-0.05, 0) is 48.4 Å². The molecule has 0 aromatic heterocycles. The average Bonchev–Trinajstić information content (AvgIpc) is 2.34. The topological polar surface area (TPSA) is 41.8 Å². The number of nitrogens with zero attached hydrogens (tertiary/aromatic N) is 1. The number of benzene rings is 2. The quantitative estimate of drug-likeness (QED) is 0.494. The Bertz CT molecular complexity index is 521. The molecular formula is C14H13NO2. The number of rotatable bonds is 3. The van der Waals surface area contributed by atoms with E-state index in [0.717, 1.165) is 22.6 Å². The number of hydrogen-bond donors (Lipinski definition) is 1. The van der Waals surface area contributed by atoms with Crippen LogP contribution < -0.4 is 4.74 Å². The Morgan fingerprint density at radius 1 is 1.12 bits per heavy atom. The lowest BCUT2D eigenvalue weighted by atomic mass is 10.1. The Hall–Kier alpha value is -2.29. The summed E-state index contributed by atoms with van der Waals surface area (Å²) in [6.07, 6.45) is 1.39. The van der Waals surface area contributed by atoms with Crippen LogP contribution in [0.4, 0.5) is 0 Å². The molecule has 1 N–H and O–H groups in total. The second-order valence-corrected chi connectivity index (χ2v) is 3.68. The highest BCUT2D eigenvalue weighted by molar-refractivity contribution is 5.79. The Balaban J connectivity index is 2.23. The molecule has 17 heavy (non-hydrogen) atoms. The fraction of sp³-hybridized carbons (Fsp3) is 0.0714. The minimum Gasteiger partial charge on any atom is -0.457 e. The first-order chi connectivity index (χ1) is 8.29. The maximum absolute atomic E-state index is 8.45. The fourth-order valence-corrected chi connectivity index (χ4v) is 1.55. The monoisotopic (exact) mass is 227 g/mol. The Labute approximate surface area is 100.0 Å². The fourth-order valence-electron chi connectivity index (χ4n) is 1.55. The summed E-state index contributed by atoms with van der Waals surface area (Å²) >= 11 is 0. The zero-order valence-corrected chi connectivity index (χ0v) is 9.50. The van der Waals surface area contributed by atoms with Gasteiger partial charge in [0.1, 0.15) is 11.5 Å². The first-order valence-corrected chi connectivity index (χ1v) is 5.30. The molecule has 3 nitrogen and oxygen atoms in total. The molecule has 0 spiro atoms. The van der Waals surface area contributed by atoms with Gasteiger partial charge in [-0.15, -0.1) is 0 Å². The van der Waals surface area contributed by atoms with Crippen LogP contribution in [-0.4, -0.2) is 11.4 Å². The van der Waals surface area contributed by atoms with Crippen LogP contribution in [0.2, 0.25) is 0 Å². The molecule has 0 fully saturated rings. The summed E-state index contributed by atoms with van der Waals surface area (Å²) in [4.78, 5) is 0. The molecule has 2 aromatic rings. The van der Waals surface area contributed by atoms with Crippen molar-refractivity contribution in [3.63, 3.8) is 0 Å². The lowest BCUT2D eigenvalue weighted by Gasteiger charge is -2.08. The van der Waals surface area contributed by atoms with Crippen molar-refractivity contribution >= 4 is 6.21 Å². The third-order valence-corrected chi connectivity index (χ3v) is 2.38. The summed E-state index contributed by atoms with van der Waals surface area (Å²) in [6.45, 7) is 1.95. The summed E-state index contributed by atoms with van der Waals surface area (Å²) in [6, 6.07) is 15.2. The average molecular weight is 227 g/mol. The smallest absolute Gasteiger partial charge is 0.130 e. The lowest BCUT2D eigenvalue weighted by molar-refractivity contribution is 0.322. The van der Waals surface area contributed by atoms with Crippen molar-refractivity contribution in [2.75, 3.05) is 0 Å². The molecule has 2 rings (SSSR count). The van der Waals surface area contributed by atoms with Crippen molar-refractivity contribution in [3.05, 3.63) is 59.7 Å². The van der Waals surface area contributed by atoms with Crippen LogP contribution in [0.1, 0.15) is 11.1 Å². The largest absolute Gasteiger partial charge is 0.457 e. The molecule has 0 unspecified atom stereocenters. The van der Waals surface area contributed by atoms with Crippen molar-refractivity contribution in [2.45, 2.75) is 6.92 Å². The summed E-state index contributed by atoms with van der Waals surface area (Å²) < 4.78 is 5.74. The Morgan fingerprint density at radius 2 is 1.88 bits per heavy atom. The number of para-hydroxylation sites is 1. The van der Waals surface area contributed by atoms with Gasteiger partial charge in [-0.1, -0.05) is 23.4 Å². The summed E-state index contributed by atoms with van der Waals surface area (Å²) in [5.74, 6) is 1.60. The number of aryl methyl sites for hydroxylation is 1. The molecule has 0 heterocycles. The van der Waals surface area contributed by atoms with Gasteiger partial charge in [-0.2, -0.15) is 0 Å². The van der Waals surface area contributed by atoms with E-state index in [1.807, 2.05) is 55.5 Å². The third kappa shape index (κ3) is 2.84. The molecule has 0 saturated carbocycles. The standard InChI is InChI=1S/C14H13NO2/c1-11-9-12(10-15-16)7-8-14(11)17-13-5-3-2-4-6-13/h2-10,16H,1H3/b15-10-. The van der Waals surface area contributed by atoms with Crippen LogP contribution in [0.3, 0.4) is 0 Å². The van der Waals surface area contributed by atoms with Gasteiger partial charge in [0.2, 0.25) is 0 Å². The molecular weight excluding hydrogens is 214 g/mol. The molecule has 2 aromatic carbocycles. The van der Waals surface area contributed by atoms with E-state index in [0.29, 0.717) is 0 Å². The van der Waals surface area contributed by atoms with Gasteiger partial charge >= 0.3 is 0 Å². The van der Waals surface area contributed by atoms with Crippen LogP contribution in [0.25, 0.3) is 0 Å². The Morgan fingerprint density at radius 3 is 2.53 bits per heavy atom. The second kappa shape index (κ2) is 5.16. The molecule has 0 aliphatic rings. The van der Waals surface area contributed by atoms with Gasteiger partial charge in [0.05, 0.1) is 6.21 Å². The van der Waals surface area contributed by atoms with Crippen LogP contribution >= 0.6 is 0 Å². The highest BCUT2D eigenvalue weighted by atomic mass is 16.5. The molecule has 0 aliphatic carbocycles. The molecule has 0 aliphatic heterocycles. The van der Waals surface area contributed by atoms with E-state index in [-0.39, 0.29) is 0 Å². The minimum absolute atomic E-state index is 0.797. The van der Waals surface area contributed by atoms with Crippen LogP contribution in [0.5, 0.6) is 11.5 Å².